The van der Waals surface area contributed by atoms with E-state index in [0.29, 0.717) is 12.3 Å². The molecule has 1 aromatic rings. The molecule has 1 aromatic carbocycles. The van der Waals surface area contributed by atoms with Gasteiger partial charge in [0, 0.05) is 17.9 Å². The molecule has 4 aliphatic carbocycles. The number of aliphatic hydroxyl groups excluding tert-OH is 2. The van der Waals surface area contributed by atoms with Crippen LogP contribution >= 0.6 is 0 Å². The zero-order chi connectivity index (χ0) is 22.2. The number of amides is 1. The molecule has 0 bridgehead atoms. The SMILES string of the molecule is NC(=O)C1=C(O)[C@@]2(O)C(=O)C3=C(O)c4c(O)ccc(C5CCC5)c4C[C@H]3C[C@H]2CC1=O. The van der Waals surface area contributed by atoms with E-state index in [-0.39, 0.29) is 29.7 Å². The second-order valence-corrected chi connectivity index (χ2v) is 9.06. The number of fused-ring (bicyclic) bond motifs is 3. The predicted octanol–water partition coefficient (Wildman–Crippen LogP) is 1.69. The van der Waals surface area contributed by atoms with Crippen molar-refractivity contribution in [2.75, 3.05) is 0 Å². The molecule has 2 fully saturated rings. The normalized spacial score (nSPS) is 30.5. The highest BCUT2D eigenvalue weighted by atomic mass is 16.3. The first kappa shape index (κ1) is 19.8. The molecule has 6 N–H and O–H groups in total. The molecular weight excluding hydrogens is 402 g/mol. The monoisotopic (exact) mass is 425 g/mol. The third-order valence-corrected chi connectivity index (χ3v) is 7.53. The summed E-state index contributed by atoms with van der Waals surface area (Å²) in [6, 6.07) is 3.35. The van der Waals surface area contributed by atoms with Crippen LogP contribution in [0, 0.1) is 11.8 Å². The molecule has 0 spiro atoms. The third-order valence-electron chi connectivity index (χ3n) is 7.53. The van der Waals surface area contributed by atoms with Gasteiger partial charge in [0.25, 0.3) is 5.91 Å². The van der Waals surface area contributed by atoms with Crippen molar-refractivity contribution in [2.45, 2.75) is 50.0 Å². The zero-order valence-corrected chi connectivity index (χ0v) is 16.7. The van der Waals surface area contributed by atoms with Gasteiger partial charge in [-0.15, -0.1) is 0 Å². The average molecular weight is 425 g/mol. The van der Waals surface area contributed by atoms with Crippen LogP contribution in [0.15, 0.2) is 29.0 Å². The Kier molecular flexibility index (Phi) is 4.11. The number of carbonyl (C=O) groups is 3. The van der Waals surface area contributed by atoms with Gasteiger partial charge in [-0.3, -0.25) is 14.4 Å². The molecule has 5 rings (SSSR count). The number of primary amides is 1. The van der Waals surface area contributed by atoms with Crippen molar-refractivity contribution < 1.29 is 34.8 Å². The van der Waals surface area contributed by atoms with Crippen molar-refractivity contribution in [3.05, 3.63) is 45.7 Å². The van der Waals surface area contributed by atoms with Crippen LogP contribution in [-0.4, -0.2) is 43.5 Å². The fourth-order valence-electron chi connectivity index (χ4n) is 5.75. The molecule has 2 saturated carbocycles. The number of phenolic OH excluding ortho intramolecular Hbond substituents is 1. The van der Waals surface area contributed by atoms with Crippen molar-refractivity contribution >= 4 is 23.2 Å². The number of hydrogen-bond acceptors (Lipinski definition) is 7. The molecule has 0 radical (unpaired) electrons. The van der Waals surface area contributed by atoms with E-state index in [0.717, 1.165) is 30.4 Å². The Morgan fingerprint density at radius 1 is 1.06 bits per heavy atom. The topological polar surface area (TPSA) is 158 Å². The molecular formula is C23H23NO7. The summed E-state index contributed by atoms with van der Waals surface area (Å²) in [5, 5.41) is 43.3. The van der Waals surface area contributed by atoms with Gasteiger partial charge in [0.15, 0.2) is 11.4 Å². The molecule has 162 valence electrons. The number of Topliss-reactive ketones (excluding diaryl/α,β-unsaturated/α-hetero) is 2. The van der Waals surface area contributed by atoms with Gasteiger partial charge in [0.1, 0.15) is 22.8 Å². The first-order chi connectivity index (χ1) is 14.7. The number of nitrogens with two attached hydrogens (primary N) is 1. The molecule has 0 aromatic heterocycles. The average Bonchev–Trinajstić information content (AvgIpc) is 2.65. The van der Waals surface area contributed by atoms with Gasteiger partial charge in [0.2, 0.25) is 5.78 Å². The largest absolute Gasteiger partial charge is 0.508 e. The van der Waals surface area contributed by atoms with Crippen LogP contribution in [-0.2, 0) is 20.8 Å². The summed E-state index contributed by atoms with van der Waals surface area (Å²) in [4.78, 5) is 37.4. The van der Waals surface area contributed by atoms with Gasteiger partial charge >= 0.3 is 0 Å². The molecule has 4 aliphatic rings. The highest BCUT2D eigenvalue weighted by Crippen LogP contribution is 2.53. The van der Waals surface area contributed by atoms with Gasteiger partial charge in [0.05, 0.1) is 5.56 Å². The van der Waals surface area contributed by atoms with E-state index in [2.05, 4.69) is 0 Å². The van der Waals surface area contributed by atoms with Crippen molar-refractivity contribution in [1.29, 1.82) is 0 Å². The second-order valence-electron chi connectivity index (χ2n) is 9.06. The number of carbonyl (C=O) groups excluding carboxylic acids is 3. The van der Waals surface area contributed by atoms with Gasteiger partial charge in [-0.05, 0) is 54.7 Å². The molecule has 3 atom stereocenters. The summed E-state index contributed by atoms with van der Waals surface area (Å²) >= 11 is 0. The minimum Gasteiger partial charge on any atom is -0.508 e. The summed E-state index contributed by atoms with van der Waals surface area (Å²) in [6.45, 7) is 0. The van der Waals surface area contributed by atoms with E-state index in [1.807, 2.05) is 6.07 Å². The minimum absolute atomic E-state index is 0.1000. The summed E-state index contributed by atoms with van der Waals surface area (Å²) in [7, 11) is 0. The third kappa shape index (κ3) is 2.48. The lowest BCUT2D eigenvalue weighted by molar-refractivity contribution is -0.147. The summed E-state index contributed by atoms with van der Waals surface area (Å²) in [6.07, 6.45) is 3.36. The van der Waals surface area contributed by atoms with Crippen LogP contribution in [0.4, 0.5) is 0 Å². The van der Waals surface area contributed by atoms with Crippen LogP contribution < -0.4 is 5.73 Å². The molecule has 0 saturated heterocycles. The molecule has 0 heterocycles. The number of benzene rings is 1. The number of aromatic hydroxyl groups is 1. The number of aliphatic hydroxyl groups is 3. The van der Waals surface area contributed by atoms with Crippen LogP contribution in [0.5, 0.6) is 5.75 Å². The Morgan fingerprint density at radius 2 is 1.77 bits per heavy atom. The molecule has 0 aliphatic heterocycles. The molecule has 31 heavy (non-hydrogen) atoms. The highest BCUT2D eigenvalue weighted by molar-refractivity contribution is 6.22. The maximum Gasteiger partial charge on any atom is 0.255 e. The van der Waals surface area contributed by atoms with E-state index in [4.69, 9.17) is 5.73 Å². The number of ketones is 2. The number of phenols is 1. The standard InChI is InChI=1S/C23H23NO7/c24-22(30)18-15(26)8-11-6-10-7-13-12(9-2-1-3-9)4-5-14(25)17(13)19(27)16(10)20(28)23(11,31)21(18)29/h4-5,9-11,25,27,29,31H,1-3,6-8H2,(H2,24,30)/t10-,11+,23+/m1/s1. The summed E-state index contributed by atoms with van der Waals surface area (Å²) in [5.74, 6) is -5.64. The van der Waals surface area contributed by atoms with Crippen LogP contribution in [0.25, 0.3) is 5.76 Å². The Hall–Kier alpha value is -3.13. The van der Waals surface area contributed by atoms with Gasteiger partial charge in [-0.1, -0.05) is 12.5 Å². The summed E-state index contributed by atoms with van der Waals surface area (Å²) < 4.78 is 0. The molecule has 8 heteroatoms. The highest BCUT2D eigenvalue weighted by Gasteiger charge is 2.60. The minimum atomic E-state index is -2.52. The molecule has 0 unspecified atom stereocenters. The Labute approximate surface area is 177 Å². The van der Waals surface area contributed by atoms with E-state index >= 15 is 0 Å². The van der Waals surface area contributed by atoms with Crippen molar-refractivity contribution in [3.8, 4) is 5.75 Å². The number of rotatable bonds is 2. The van der Waals surface area contributed by atoms with Crippen molar-refractivity contribution in [3.63, 3.8) is 0 Å². The van der Waals surface area contributed by atoms with Gasteiger partial charge in [-0.25, -0.2) is 0 Å². The van der Waals surface area contributed by atoms with Crippen LogP contribution in [0.2, 0.25) is 0 Å². The lowest BCUT2D eigenvalue weighted by Gasteiger charge is -2.46. The van der Waals surface area contributed by atoms with Crippen LogP contribution in [0.1, 0.15) is 54.7 Å². The Bertz CT molecular complexity index is 1130. The first-order valence-electron chi connectivity index (χ1n) is 10.5. The second kappa shape index (κ2) is 6.43. The Morgan fingerprint density at radius 3 is 2.39 bits per heavy atom. The van der Waals surface area contributed by atoms with Gasteiger partial charge < -0.3 is 26.2 Å². The van der Waals surface area contributed by atoms with E-state index < -0.39 is 52.0 Å². The maximum atomic E-state index is 13.4. The maximum absolute atomic E-state index is 13.4. The quantitative estimate of drug-likeness (QED) is 0.451. The summed E-state index contributed by atoms with van der Waals surface area (Å²) in [5.41, 5.74) is 3.79. The van der Waals surface area contributed by atoms with E-state index in [1.54, 1.807) is 0 Å². The first-order valence-corrected chi connectivity index (χ1v) is 10.5. The van der Waals surface area contributed by atoms with E-state index in [9.17, 15) is 34.8 Å². The van der Waals surface area contributed by atoms with Crippen molar-refractivity contribution in [2.24, 2.45) is 17.6 Å². The Balaban J connectivity index is 1.69. The smallest absolute Gasteiger partial charge is 0.255 e. The predicted molar refractivity (Wildman–Crippen MR) is 108 cm³/mol. The lowest BCUT2D eigenvalue weighted by atomic mass is 9.58. The van der Waals surface area contributed by atoms with Crippen LogP contribution in [0.3, 0.4) is 0 Å². The fraction of sp³-hybridized carbons (Fsp3) is 0.435. The van der Waals surface area contributed by atoms with E-state index in [1.165, 1.54) is 6.07 Å². The van der Waals surface area contributed by atoms with Crippen molar-refractivity contribution in [1.82, 2.24) is 0 Å². The number of hydrogen-bond donors (Lipinski definition) is 5. The lowest BCUT2D eigenvalue weighted by Crippen LogP contribution is -2.58. The zero-order valence-electron chi connectivity index (χ0n) is 16.7. The molecule has 1 amide bonds. The van der Waals surface area contributed by atoms with Gasteiger partial charge in [-0.2, -0.15) is 0 Å². The fourth-order valence-corrected chi connectivity index (χ4v) is 5.75. The molecule has 8 nitrogen and oxygen atoms in total.